The van der Waals surface area contributed by atoms with E-state index in [9.17, 15) is 12.8 Å². The van der Waals surface area contributed by atoms with Crippen LogP contribution in [0.2, 0.25) is 10.0 Å². The zero-order valence-corrected chi connectivity index (χ0v) is 16.8. The molecule has 0 radical (unpaired) electrons. The molecular weight excluding hydrogens is 440 g/mol. The van der Waals surface area contributed by atoms with Crippen LogP contribution < -0.4 is 10.5 Å². The number of nitrogens with one attached hydrogen (secondary N) is 2. The highest BCUT2D eigenvalue weighted by Crippen LogP contribution is 2.32. The SMILES string of the molecule is Nc1n[nH]c2ccc(-c3ccc(NS(=O)(=O)c4ccc(Cl)c(F)c4)cc3Cl)nc12. The minimum absolute atomic E-state index is 0.168. The summed E-state index contributed by atoms with van der Waals surface area (Å²) in [5, 5.41) is 6.75. The number of aromatic amines is 1. The number of nitrogens with two attached hydrogens (primary N) is 1. The van der Waals surface area contributed by atoms with E-state index in [1.807, 2.05) is 0 Å². The Hall–Kier alpha value is -2.88. The molecule has 0 saturated heterocycles. The number of nitrogens with zero attached hydrogens (tertiary/aromatic N) is 2. The van der Waals surface area contributed by atoms with Crippen molar-refractivity contribution in [1.82, 2.24) is 15.2 Å². The van der Waals surface area contributed by atoms with Crippen LogP contribution in [0.15, 0.2) is 53.4 Å². The molecule has 0 aliphatic heterocycles. The molecule has 0 unspecified atom stereocenters. The number of pyridine rings is 1. The standard InChI is InChI=1S/C18H12Cl2FN5O2S/c19-12-4-2-10(8-14(12)21)29(27,28)26-9-1-3-11(13(20)7-9)15-5-6-16-17(23-15)18(22)25-24-16/h1-8,26H,(H3,22,24,25). The van der Waals surface area contributed by atoms with Gasteiger partial charge in [-0.3, -0.25) is 9.82 Å². The minimum atomic E-state index is -4.03. The molecule has 0 aliphatic carbocycles. The number of hydrogen-bond acceptors (Lipinski definition) is 5. The predicted molar refractivity (Wildman–Crippen MR) is 111 cm³/mol. The van der Waals surface area contributed by atoms with Crippen molar-refractivity contribution in [3.05, 3.63) is 64.4 Å². The van der Waals surface area contributed by atoms with Crippen molar-refractivity contribution in [2.75, 3.05) is 10.5 Å². The first-order chi connectivity index (χ1) is 13.7. The summed E-state index contributed by atoms with van der Waals surface area (Å²) in [7, 11) is -4.03. The summed E-state index contributed by atoms with van der Waals surface area (Å²) in [4.78, 5) is 4.18. The third-order valence-corrected chi connectivity index (χ3v) is 6.13. The first kappa shape index (κ1) is 19.4. The molecule has 29 heavy (non-hydrogen) atoms. The van der Waals surface area contributed by atoms with Crippen LogP contribution in [0.1, 0.15) is 0 Å². The van der Waals surface area contributed by atoms with Crippen molar-refractivity contribution in [2.45, 2.75) is 4.90 Å². The number of H-pyrrole nitrogens is 1. The molecule has 2 heterocycles. The van der Waals surface area contributed by atoms with Gasteiger partial charge in [-0.15, -0.1) is 0 Å². The lowest BCUT2D eigenvalue weighted by Crippen LogP contribution is -2.13. The quantitative estimate of drug-likeness (QED) is 0.423. The second-order valence-corrected chi connectivity index (χ2v) is 8.57. The van der Waals surface area contributed by atoms with Crippen molar-refractivity contribution < 1.29 is 12.8 Å². The van der Waals surface area contributed by atoms with Gasteiger partial charge in [0.2, 0.25) is 0 Å². The van der Waals surface area contributed by atoms with Gasteiger partial charge >= 0.3 is 0 Å². The Morgan fingerprint density at radius 1 is 1.03 bits per heavy atom. The van der Waals surface area contributed by atoms with Crippen LogP contribution in [-0.2, 0) is 10.0 Å². The average molecular weight is 452 g/mol. The number of rotatable bonds is 4. The van der Waals surface area contributed by atoms with E-state index in [0.29, 0.717) is 22.3 Å². The number of aromatic nitrogens is 3. The van der Waals surface area contributed by atoms with Crippen LogP contribution >= 0.6 is 23.2 Å². The molecule has 2 aromatic carbocycles. The third-order valence-electron chi connectivity index (χ3n) is 4.13. The molecule has 0 aliphatic rings. The van der Waals surface area contributed by atoms with E-state index in [1.54, 1.807) is 18.2 Å². The van der Waals surface area contributed by atoms with Gasteiger partial charge in [-0.2, -0.15) is 5.10 Å². The van der Waals surface area contributed by atoms with E-state index in [0.717, 1.165) is 6.07 Å². The molecule has 148 valence electrons. The first-order valence-electron chi connectivity index (χ1n) is 8.13. The summed E-state index contributed by atoms with van der Waals surface area (Å²) >= 11 is 11.9. The van der Waals surface area contributed by atoms with Gasteiger partial charge in [-0.25, -0.2) is 17.8 Å². The Morgan fingerprint density at radius 2 is 1.83 bits per heavy atom. The minimum Gasteiger partial charge on any atom is -0.380 e. The Bertz CT molecular complexity index is 1360. The van der Waals surface area contributed by atoms with Gasteiger partial charge in [0.05, 0.1) is 31.8 Å². The molecule has 4 rings (SSSR count). The van der Waals surface area contributed by atoms with Gasteiger partial charge in [0.25, 0.3) is 10.0 Å². The second-order valence-electron chi connectivity index (χ2n) is 6.08. The maximum Gasteiger partial charge on any atom is 0.261 e. The lowest BCUT2D eigenvalue weighted by atomic mass is 10.1. The van der Waals surface area contributed by atoms with Gasteiger partial charge in [0.1, 0.15) is 11.3 Å². The first-order valence-corrected chi connectivity index (χ1v) is 10.4. The Labute approximate surface area is 174 Å². The number of benzene rings is 2. The molecule has 0 fully saturated rings. The zero-order chi connectivity index (χ0) is 20.8. The number of fused-ring (bicyclic) bond motifs is 1. The molecule has 4 N–H and O–H groups in total. The van der Waals surface area contributed by atoms with Crippen molar-refractivity contribution in [1.29, 1.82) is 0 Å². The van der Waals surface area contributed by atoms with Gasteiger partial charge in [0, 0.05) is 5.56 Å². The average Bonchev–Trinajstić information content (AvgIpc) is 3.04. The predicted octanol–water partition coefficient (Wildman–Crippen LogP) is 4.45. The maximum atomic E-state index is 13.6. The fourth-order valence-electron chi connectivity index (χ4n) is 2.71. The topological polar surface area (TPSA) is 114 Å². The van der Waals surface area contributed by atoms with Crippen LogP contribution in [0, 0.1) is 5.82 Å². The van der Waals surface area contributed by atoms with Gasteiger partial charge in [-0.1, -0.05) is 23.2 Å². The fourth-order valence-corrected chi connectivity index (χ4v) is 4.17. The summed E-state index contributed by atoms with van der Waals surface area (Å²) in [5.74, 6) is -0.569. The van der Waals surface area contributed by atoms with E-state index in [-0.39, 0.29) is 26.4 Å². The maximum absolute atomic E-state index is 13.6. The van der Waals surface area contributed by atoms with Crippen LogP contribution in [-0.4, -0.2) is 23.6 Å². The number of hydrogen-bond donors (Lipinski definition) is 3. The molecule has 0 bridgehead atoms. The molecule has 2 aromatic heterocycles. The lowest BCUT2D eigenvalue weighted by Gasteiger charge is -2.11. The summed E-state index contributed by atoms with van der Waals surface area (Å²) in [5.41, 5.74) is 8.30. The normalized spacial score (nSPS) is 11.7. The molecule has 0 saturated carbocycles. The second kappa shape index (κ2) is 7.18. The van der Waals surface area contributed by atoms with Gasteiger partial charge < -0.3 is 5.73 Å². The van der Waals surface area contributed by atoms with Gasteiger partial charge in [-0.05, 0) is 48.5 Å². The van der Waals surface area contributed by atoms with E-state index in [4.69, 9.17) is 28.9 Å². The van der Waals surface area contributed by atoms with Crippen molar-refractivity contribution >= 4 is 55.8 Å². The summed E-state index contributed by atoms with van der Waals surface area (Å²) in [6.45, 7) is 0. The Kier molecular flexibility index (Phi) is 4.81. The highest BCUT2D eigenvalue weighted by Gasteiger charge is 2.17. The summed E-state index contributed by atoms with van der Waals surface area (Å²) in [6.07, 6.45) is 0. The molecule has 0 amide bonds. The highest BCUT2D eigenvalue weighted by molar-refractivity contribution is 7.92. The molecule has 4 aromatic rings. The molecule has 0 spiro atoms. The smallest absolute Gasteiger partial charge is 0.261 e. The van der Waals surface area contributed by atoms with Crippen molar-refractivity contribution in [2.24, 2.45) is 0 Å². The number of anilines is 2. The van der Waals surface area contributed by atoms with Gasteiger partial charge in [0.15, 0.2) is 5.82 Å². The van der Waals surface area contributed by atoms with E-state index in [1.165, 1.54) is 24.3 Å². The molecule has 11 heteroatoms. The van der Waals surface area contributed by atoms with Crippen molar-refractivity contribution in [3.63, 3.8) is 0 Å². The zero-order valence-electron chi connectivity index (χ0n) is 14.4. The van der Waals surface area contributed by atoms with Crippen LogP contribution in [0.5, 0.6) is 0 Å². The van der Waals surface area contributed by atoms with E-state index >= 15 is 0 Å². The van der Waals surface area contributed by atoms with Crippen LogP contribution in [0.4, 0.5) is 15.9 Å². The van der Waals surface area contributed by atoms with Crippen LogP contribution in [0.3, 0.4) is 0 Å². The molecule has 0 atom stereocenters. The summed E-state index contributed by atoms with van der Waals surface area (Å²) in [6, 6.07) is 11.3. The molecule has 7 nitrogen and oxygen atoms in total. The number of halogens is 3. The number of nitrogen functional groups attached to an aromatic ring is 1. The third kappa shape index (κ3) is 3.71. The Morgan fingerprint density at radius 3 is 2.55 bits per heavy atom. The Balaban J connectivity index is 1.65. The highest BCUT2D eigenvalue weighted by atomic mass is 35.5. The largest absolute Gasteiger partial charge is 0.380 e. The summed E-state index contributed by atoms with van der Waals surface area (Å²) < 4.78 is 40.9. The van der Waals surface area contributed by atoms with Crippen molar-refractivity contribution in [3.8, 4) is 11.3 Å². The fraction of sp³-hybridized carbons (Fsp3) is 0. The number of sulfonamides is 1. The van der Waals surface area contributed by atoms with E-state index < -0.39 is 15.8 Å². The van der Waals surface area contributed by atoms with E-state index in [2.05, 4.69) is 19.9 Å². The molecular formula is C18H12Cl2FN5O2S. The van der Waals surface area contributed by atoms with Crippen LogP contribution in [0.25, 0.3) is 22.3 Å². The monoisotopic (exact) mass is 451 g/mol. The lowest BCUT2D eigenvalue weighted by molar-refractivity contribution is 0.595.